The van der Waals surface area contributed by atoms with Gasteiger partial charge >= 0.3 is 5.97 Å². The Morgan fingerprint density at radius 1 is 1.15 bits per heavy atom. The first-order valence-corrected chi connectivity index (χ1v) is 9.05. The number of rotatable bonds is 8. The van der Waals surface area contributed by atoms with Crippen LogP contribution < -0.4 is 9.47 Å². The highest BCUT2D eigenvalue weighted by atomic mass is 16.5. The van der Waals surface area contributed by atoms with E-state index in [2.05, 4.69) is 0 Å². The molecule has 1 aromatic carbocycles. The monoisotopic (exact) mass is 372 g/mol. The molecule has 1 aliphatic heterocycles. The van der Waals surface area contributed by atoms with E-state index in [1.807, 2.05) is 13.0 Å². The molecule has 0 aromatic heterocycles. The predicted octanol–water partition coefficient (Wildman–Crippen LogP) is 2.56. The van der Waals surface area contributed by atoms with E-state index in [0.717, 1.165) is 25.9 Å². The van der Waals surface area contributed by atoms with Gasteiger partial charge in [0, 0.05) is 13.1 Å². The topological polar surface area (TPSA) is 88.9 Å². The van der Waals surface area contributed by atoms with Crippen LogP contribution >= 0.6 is 0 Å². The second-order valence-corrected chi connectivity index (χ2v) is 5.91. The summed E-state index contributed by atoms with van der Waals surface area (Å²) in [6.45, 7) is 5.61. The van der Waals surface area contributed by atoms with Crippen molar-refractivity contribution in [1.29, 1.82) is 5.26 Å². The van der Waals surface area contributed by atoms with Crippen LogP contribution in [0, 0.1) is 11.3 Å². The fourth-order valence-corrected chi connectivity index (χ4v) is 2.71. The van der Waals surface area contributed by atoms with Gasteiger partial charge in [0.2, 0.25) is 0 Å². The van der Waals surface area contributed by atoms with Gasteiger partial charge in [-0.05, 0) is 50.5 Å². The van der Waals surface area contributed by atoms with E-state index < -0.39 is 5.97 Å². The Morgan fingerprint density at radius 2 is 1.89 bits per heavy atom. The van der Waals surface area contributed by atoms with E-state index in [9.17, 15) is 9.59 Å². The van der Waals surface area contributed by atoms with Crippen LogP contribution in [0.5, 0.6) is 11.5 Å². The largest absolute Gasteiger partial charge is 0.490 e. The molecule has 0 bridgehead atoms. The number of amides is 1. The fourth-order valence-electron chi connectivity index (χ4n) is 2.71. The van der Waals surface area contributed by atoms with Gasteiger partial charge < -0.3 is 19.1 Å². The van der Waals surface area contributed by atoms with Gasteiger partial charge in [-0.25, -0.2) is 4.79 Å². The van der Waals surface area contributed by atoms with Crippen molar-refractivity contribution >= 4 is 18.0 Å². The SMILES string of the molecule is CCOC(=O)/C(C#N)=C/c1ccc(OCC(=O)N2CCCC2)c(OCC)c1. The molecular formula is C20H24N2O5. The molecule has 0 saturated carbocycles. The third-order valence-electron chi connectivity index (χ3n) is 4.00. The van der Waals surface area contributed by atoms with Gasteiger partial charge in [-0.15, -0.1) is 0 Å². The number of likely N-dealkylation sites (tertiary alicyclic amines) is 1. The van der Waals surface area contributed by atoms with Crippen LogP contribution in [0.15, 0.2) is 23.8 Å². The summed E-state index contributed by atoms with van der Waals surface area (Å²) in [5.74, 6) is 0.167. The Bertz CT molecular complexity index is 745. The van der Waals surface area contributed by atoms with Crippen molar-refractivity contribution in [2.45, 2.75) is 26.7 Å². The zero-order valence-electron chi connectivity index (χ0n) is 15.7. The van der Waals surface area contributed by atoms with Crippen molar-refractivity contribution < 1.29 is 23.8 Å². The lowest BCUT2D eigenvalue weighted by molar-refractivity contribution is -0.138. The van der Waals surface area contributed by atoms with Gasteiger partial charge in [0.25, 0.3) is 5.91 Å². The molecule has 0 N–H and O–H groups in total. The number of ether oxygens (including phenoxy) is 3. The van der Waals surface area contributed by atoms with Crippen LogP contribution in [0.3, 0.4) is 0 Å². The molecule has 1 amide bonds. The van der Waals surface area contributed by atoms with Gasteiger partial charge in [-0.2, -0.15) is 5.26 Å². The zero-order chi connectivity index (χ0) is 19.6. The average Bonchev–Trinajstić information content (AvgIpc) is 3.20. The number of esters is 1. The summed E-state index contributed by atoms with van der Waals surface area (Å²) in [5, 5.41) is 9.14. The highest BCUT2D eigenvalue weighted by Crippen LogP contribution is 2.29. The Hall–Kier alpha value is -3.01. The molecule has 7 heteroatoms. The lowest BCUT2D eigenvalue weighted by atomic mass is 10.1. The highest BCUT2D eigenvalue weighted by molar-refractivity contribution is 5.97. The predicted molar refractivity (Wildman–Crippen MR) is 99.1 cm³/mol. The second-order valence-electron chi connectivity index (χ2n) is 5.91. The number of nitriles is 1. The molecule has 1 saturated heterocycles. The van der Waals surface area contributed by atoms with Crippen LogP contribution in [0.2, 0.25) is 0 Å². The number of hydrogen-bond acceptors (Lipinski definition) is 6. The standard InChI is InChI=1S/C20H24N2O5/c1-3-25-18-12-15(11-16(13-21)20(24)26-4-2)7-8-17(18)27-14-19(23)22-9-5-6-10-22/h7-8,11-12H,3-6,9-10,14H2,1-2H3/b16-11+. The van der Waals surface area contributed by atoms with E-state index in [0.29, 0.717) is 23.7 Å². The summed E-state index contributed by atoms with van der Waals surface area (Å²) in [6.07, 6.45) is 3.48. The minimum absolute atomic E-state index is 0.0481. The highest BCUT2D eigenvalue weighted by Gasteiger charge is 2.19. The first-order valence-electron chi connectivity index (χ1n) is 9.05. The summed E-state index contributed by atoms with van der Waals surface area (Å²) in [5.41, 5.74) is 0.499. The molecule has 144 valence electrons. The molecular weight excluding hydrogens is 348 g/mol. The molecule has 1 aromatic rings. The maximum Gasteiger partial charge on any atom is 0.348 e. The second kappa shape index (κ2) is 10.2. The van der Waals surface area contributed by atoms with Crippen LogP contribution in [0.1, 0.15) is 32.3 Å². The number of carbonyl (C=O) groups excluding carboxylic acids is 2. The number of hydrogen-bond donors (Lipinski definition) is 0. The maximum absolute atomic E-state index is 12.1. The van der Waals surface area contributed by atoms with Gasteiger partial charge in [-0.3, -0.25) is 4.79 Å². The summed E-state index contributed by atoms with van der Waals surface area (Å²) in [4.78, 5) is 25.7. The summed E-state index contributed by atoms with van der Waals surface area (Å²) < 4.78 is 16.1. The van der Waals surface area contributed by atoms with Crippen LogP contribution in [0.4, 0.5) is 0 Å². The van der Waals surface area contributed by atoms with Crippen molar-refractivity contribution in [3.05, 3.63) is 29.3 Å². The third-order valence-corrected chi connectivity index (χ3v) is 4.00. The Balaban J connectivity index is 2.14. The fraction of sp³-hybridized carbons (Fsp3) is 0.450. The van der Waals surface area contributed by atoms with E-state index in [1.165, 1.54) is 6.08 Å². The minimum atomic E-state index is -0.672. The smallest absolute Gasteiger partial charge is 0.348 e. The molecule has 27 heavy (non-hydrogen) atoms. The number of benzene rings is 1. The van der Waals surface area contributed by atoms with Crippen molar-refractivity contribution in [3.63, 3.8) is 0 Å². The lowest BCUT2D eigenvalue weighted by Crippen LogP contribution is -2.32. The lowest BCUT2D eigenvalue weighted by Gasteiger charge is -2.17. The Labute approximate surface area is 159 Å². The van der Waals surface area contributed by atoms with Crippen LogP contribution in [-0.2, 0) is 14.3 Å². The number of carbonyl (C=O) groups is 2. The van der Waals surface area contributed by atoms with Crippen molar-refractivity contribution in [2.24, 2.45) is 0 Å². The van der Waals surface area contributed by atoms with Crippen molar-refractivity contribution in [1.82, 2.24) is 4.90 Å². The van der Waals surface area contributed by atoms with Gasteiger partial charge in [0.05, 0.1) is 13.2 Å². The van der Waals surface area contributed by atoms with E-state index in [1.54, 1.807) is 30.0 Å². The third kappa shape index (κ3) is 5.74. The summed E-state index contributed by atoms with van der Waals surface area (Å²) in [6, 6.07) is 6.85. The Morgan fingerprint density at radius 3 is 2.52 bits per heavy atom. The number of nitrogens with zero attached hydrogens (tertiary/aromatic N) is 2. The molecule has 0 unspecified atom stereocenters. The first-order chi connectivity index (χ1) is 13.1. The van der Waals surface area contributed by atoms with Crippen LogP contribution in [-0.4, -0.2) is 49.7 Å². The molecule has 0 atom stereocenters. The van der Waals surface area contributed by atoms with Crippen molar-refractivity contribution in [2.75, 3.05) is 32.9 Å². The molecule has 1 fully saturated rings. The van der Waals surface area contributed by atoms with E-state index >= 15 is 0 Å². The maximum atomic E-state index is 12.1. The molecule has 1 aliphatic rings. The van der Waals surface area contributed by atoms with Gasteiger partial charge in [0.15, 0.2) is 18.1 Å². The summed E-state index contributed by atoms with van der Waals surface area (Å²) >= 11 is 0. The molecule has 2 rings (SSSR count). The minimum Gasteiger partial charge on any atom is -0.490 e. The quantitative estimate of drug-likeness (QED) is 0.396. The van der Waals surface area contributed by atoms with Gasteiger partial charge in [0.1, 0.15) is 11.6 Å². The van der Waals surface area contributed by atoms with Crippen molar-refractivity contribution in [3.8, 4) is 17.6 Å². The van der Waals surface area contributed by atoms with E-state index in [4.69, 9.17) is 19.5 Å². The molecule has 0 aliphatic carbocycles. The average molecular weight is 372 g/mol. The van der Waals surface area contributed by atoms with Crippen LogP contribution in [0.25, 0.3) is 6.08 Å². The Kier molecular flexibility index (Phi) is 7.68. The first kappa shape index (κ1) is 20.3. The summed E-state index contributed by atoms with van der Waals surface area (Å²) in [7, 11) is 0. The molecule has 0 radical (unpaired) electrons. The molecule has 0 spiro atoms. The van der Waals surface area contributed by atoms with E-state index in [-0.39, 0.29) is 24.7 Å². The molecule has 1 heterocycles. The molecule has 7 nitrogen and oxygen atoms in total. The zero-order valence-corrected chi connectivity index (χ0v) is 15.7. The normalized spacial score (nSPS) is 13.8. The van der Waals surface area contributed by atoms with Gasteiger partial charge in [-0.1, -0.05) is 6.07 Å².